The second-order valence-corrected chi connectivity index (χ2v) is 8.63. The van der Waals surface area contributed by atoms with Gasteiger partial charge in [0.15, 0.2) is 5.58 Å². The predicted molar refractivity (Wildman–Crippen MR) is 105 cm³/mol. The van der Waals surface area contributed by atoms with Crippen molar-refractivity contribution in [2.75, 3.05) is 37.7 Å². The van der Waals surface area contributed by atoms with Gasteiger partial charge in [0, 0.05) is 43.7 Å². The predicted octanol–water partition coefficient (Wildman–Crippen LogP) is 3.73. The van der Waals surface area contributed by atoms with E-state index >= 15 is 0 Å². The molecule has 7 heteroatoms. The number of benzene rings is 1. The lowest BCUT2D eigenvalue weighted by Crippen LogP contribution is -2.51. The van der Waals surface area contributed by atoms with E-state index in [1.807, 2.05) is 30.9 Å². The van der Waals surface area contributed by atoms with Crippen LogP contribution in [0, 0.1) is 5.92 Å². The van der Waals surface area contributed by atoms with E-state index in [4.69, 9.17) is 20.8 Å². The zero-order chi connectivity index (χ0) is 19.0. The molecule has 1 aromatic carbocycles. The number of nitrogens with zero attached hydrogens (tertiary/aromatic N) is 3. The SMILES string of the molecule is CC1(C)CN(C(=O)CC2CCCN(c3nc4ccc(Cl)cc4o3)C2)CCO1. The van der Waals surface area contributed by atoms with E-state index in [0.717, 1.165) is 31.4 Å². The largest absolute Gasteiger partial charge is 0.423 e. The number of carbonyl (C=O) groups is 1. The number of oxazole rings is 1. The van der Waals surface area contributed by atoms with Gasteiger partial charge in [-0.3, -0.25) is 4.79 Å². The molecule has 1 amide bonds. The van der Waals surface area contributed by atoms with Crippen molar-refractivity contribution in [2.24, 2.45) is 5.92 Å². The third-order valence-corrected chi connectivity index (χ3v) is 5.61. The molecule has 0 aliphatic carbocycles. The first kappa shape index (κ1) is 18.6. The van der Waals surface area contributed by atoms with Crippen molar-refractivity contribution in [3.05, 3.63) is 23.2 Å². The van der Waals surface area contributed by atoms with Gasteiger partial charge in [0.2, 0.25) is 5.91 Å². The van der Waals surface area contributed by atoms with Gasteiger partial charge in [-0.2, -0.15) is 4.98 Å². The van der Waals surface area contributed by atoms with Gasteiger partial charge >= 0.3 is 0 Å². The van der Waals surface area contributed by atoms with Crippen LogP contribution in [0.4, 0.5) is 6.01 Å². The van der Waals surface area contributed by atoms with Crippen molar-refractivity contribution in [1.29, 1.82) is 0 Å². The summed E-state index contributed by atoms with van der Waals surface area (Å²) < 4.78 is 11.6. The van der Waals surface area contributed by atoms with Crippen LogP contribution in [-0.2, 0) is 9.53 Å². The van der Waals surface area contributed by atoms with Crippen LogP contribution in [0.1, 0.15) is 33.1 Å². The van der Waals surface area contributed by atoms with Crippen LogP contribution in [0.2, 0.25) is 5.02 Å². The number of aromatic nitrogens is 1. The van der Waals surface area contributed by atoms with E-state index in [1.165, 1.54) is 0 Å². The van der Waals surface area contributed by atoms with E-state index in [9.17, 15) is 4.79 Å². The summed E-state index contributed by atoms with van der Waals surface area (Å²) in [5.74, 6) is 0.540. The van der Waals surface area contributed by atoms with Gasteiger partial charge in [-0.1, -0.05) is 11.6 Å². The Morgan fingerprint density at radius 2 is 2.22 bits per heavy atom. The number of fused-ring (bicyclic) bond motifs is 1. The molecule has 0 bridgehead atoms. The van der Waals surface area contributed by atoms with Crippen LogP contribution in [0.25, 0.3) is 11.1 Å². The lowest BCUT2D eigenvalue weighted by Gasteiger charge is -2.39. The number of ether oxygens (including phenoxy) is 1. The topological polar surface area (TPSA) is 58.8 Å². The van der Waals surface area contributed by atoms with Crippen molar-refractivity contribution >= 4 is 34.6 Å². The van der Waals surface area contributed by atoms with Gasteiger partial charge in [0.05, 0.1) is 12.2 Å². The van der Waals surface area contributed by atoms with Gasteiger partial charge in [-0.05, 0) is 44.7 Å². The first-order chi connectivity index (χ1) is 12.9. The normalized spacial score (nSPS) is 23.0. The Balaban J connectivity index is 1.41. The lowest BCUT2D eigenvalue weighted by atomic mass is 9.94. The fourth-order valence-electron chi connectivity index (χ4n) is 4.03. The summed E-state index contributed by atoms with van der Waals surface area (Å²) in [5, 5.41) is 0.640. The molecule has 1 atom stereocenters. The number of hydrogen-bond donors (Lipinski definition) is 0. The summed E-state index contributed by atoms with van der Waals surface area (Å²) in [6, 6.07) is 6.10. The molecule has 0 N–H and O–H groups in total. The van der Waals surface area contributed by atoms with Gasteiger partial charge in [-0.25, -0.2) is 0 Å². The highest BCUT2D eigenvalue weighted by atomic mass is 35.5. The fraction of sp³-hybridized carbons (Fsp3) is 0.600. The van der Waals surface area contributed by atoms with Crippen LogP contribution in [0.15, 0.2) is 22.6 Å². The molecule has 1 unspecified atom stereocenters. The van der Waals surface area contributed by atoms with E-state index in [-0.39, 0.29) is 11.5 Å². The van der Waals surface area contributed by atoms with Crippen molar-refractivity contribution in [3.8, 4) is 0 Å². The van der Waals surface area contributed by atoms with Gasteiger partial charge < -0.3 is 19.0 Å². The number of halogens is 1. The monoisotopic (exact) mass is 391 g/mol. The molecular formula is C20H26ClN3O3. The van der Waals surface area contributed by atoms with Crippen molar-refractivity contribution in [2.45, 2.75) is 38.7 Å². The molecular weight excluding hydrogens is 366 g/mol. The molecule has 1 aromatic heterocycles. The molecule has 146 valence electrons. The van der Waals surface area contributed by atoms with Crippen LogP contribution >= 0.6 is 11.6 Å². The minimum Gasteiger partial charge on any atom is -0.423 e. The Labute approximate surface area is 164 Å². The van der Waals surface area contributed by atoms with Gasteiger partial charge in [-0.15, -0.1) is 0 Å². The molecule has 6 nitrogen and oxygen atoms in total. The number of morpholine rings is 1. The van der Waals surface area contributed by atoms with E-state index in [0.29, 0.717) is 48.7 Å². The van der Waals surface area contributed by atoms with E-state index < -0.39 is 0 Å². The summed E-state index contributed by atoms with van der Waals surface area (Å²) in [6.45, 7) is 7.72. The molecule has 0 radical (unpaired) electrons. The molecule has 2 aliphatic rings. The average Bonchev–Trinajstić information content (AvgIpc) is 3.04. The Kier molecular flexibility index (Phi) is 5.03. The zero-order valence-corrected chi connectivity index (χ0v) is 16.7. The van der Waals surface area contributed by atoms with Crippen molar-refractivity contribution in [3.63, 3.8) is 0 Å². The minimum absolute atomic E-state index is 0.225. The number of rotatable bonds is 3. The van der Waals surface area contributed by atoms with Crippen LogP contribution < -0.4 is 4.90 Å². The minimum atomic E-state index is -0.258. The van der Waals surface area contributed by atoms with Gasteiger partial charge in [0.1, 0.15) is 5.52 Å². The maximum absolute atomic E-state index is 12.8. The molecule has 2 fully saturated rings. The number of amides is 1. The Morgan fingerprint density at radius 3 is 3.04 bits per heavy atom. The molecule has 0 spiro atoms. The number of piperidine rings is 1. The smallest absolute Gasteiger partial charge is 0.298 e. The highest BCUT2D eigenvalue weighted by Crippen LogP contribution is 2.29. The second-order valence-electron chi connectivity index (χ2n) is 8.19. The molecule has 0 saturated carbocycles. The Hall–Kier alpha value is -1.79. The standard InChI is InChI=1S/C20H26ClN3O3/c1-20(2)13-24(8-9-26-20)18(25)10-14-4-3-7-23(12-14)19-22-16-6-5-15(21)11-17(16)27-19/h5-6,11,14H,3-4,7-10,12-13H2,1-2H3. The summed E-state index contributed by atoms with van der Waals surface area (Å²) in [5.41, 5.74) is 1.25. The number of hydrogen-bond acceptors (Lipinski definition) is 5. The summed E-state index contributed by atoms with van der Waals surface area (Å²) in [6.07, 6.45) is 2.66. The Morgan fingerprint density at radius 1 is 1.37 bits per heavy atom. The highest BCUT2D eigenvalue weighted by Gasteiger charge is 2.32. The third-order valence-electron chi connectivity index (χ3n) is 5.37. The lowest BCUT2D eigenvalue weighted by molar-refractivity contribution is -0.146. The summed E-state index contributed by atoms with van der Waals surface area (Å²) in [7, 11) is 0. The van der Waals surface area contributed by atoms with E-state index in [2.05, 4.69) is 9.88 Å². The maximum Gasteiger partial charge on any atom is 0.298 e. The summed E-state index contributed by atoms with van der Waals surface area (Å²) >= 11 is 6.04. The summed E-state index contributed by atoms with van der Waals surface area (Å²) in [4.78, 5) is 21.5. The molecule has 2 aliphatic heterocycles. The zero-order valence-electron chi connectivity index (χ0n) is 15.9. The second kappa shape index (κ2) is 7.32. The van der Waals surface area contributed by atoms with Crippen LogP contribution in [0.5, 0.6) is 0 Å². The first-order valence-electron chi connectivity index (χ1n) is 9.62. The van der Waals surface area contributed by atoms with Crippen LogP contribution in [0.3, 0.4) is 0 Å². The fourth-order valence-corrected chi connectivity index (χ4v) is 4.19. The molecule has 4 rings (SSSR count). The van der Waals surface area contributed by atoms with Crippen molar-refractivity contribution < 1.29 is 13.9 Å². The molecule has 2 aromatic rings. The maximum atomic E-state index is 12.8. The van der Waals surface area contributed by atoms with E-state index in [1.54, 1.807) is 6.07 Å². The van der Waals surface area contributed by atoms with Crippen molar-refractivity contribution in [1.82, 2.24) is 9.88 Å². The Bertz CT molecular complexity index is 835. The number of anilines is 1. The van der Waals surface area contributed by atoms with Gasteiger partial charge in [0.25, 0.3) is 6.01 Å². The molecule has 2 saturated heterocycles. The molecule has 27 heavy (non-hydrogen) atoms. The highest BCUT2D eigenvalue weighted by molar-refractivity contribution is 6.31. The first-order valence-corrected chi connectivity index (χ1v) is 10.0. The quantitative estimate of drug-likeness (QED) is 0.797. The third kappa shape index (κ3) is 4.22. The average molecular weight is 392 g/mol. The molecule has 3 heterocycles. The number of carbonyl (C=O) groups excluding carboxylic acids is 1. The van der Waals surface area contributed by atoms with Crippen LogP contribution in [-0.4, -0.2) is 54.2 Å².